The molecule has 0 spiro atoms. The summed E-state index contributed by atoms with van der Waals surface area (Å²) < 4.78 is 1.96. The van der Waals surface area contributed by atoms with Crippen LogP contribution in [0.3, 0.4) is 0 Å². The molecule has 0 radical (unpaired) electrons. The second-order valence-corrected chi connectivity index (χ2v) is 8.60. The van der Waals surface area contributed by atoms with Gasteiger partial charge in [0.15, 0.2) is 5.16 Å². The van der Waals surface area contributed by atoms with E-state index >= 15 is 0 Å². The molecular formula is C23H28N4OS. The summed E-state index contributed by atoms with van der Waals surface area (Å²) >= 11 is 1.43. The van der Waals surface area contributed by atoms with E-state index in [1.54, 1.807) is 6.33 Å². The molecule has 0 fully saturated rings. The summed E-state index contributed by atoms with van der Waals surface area (Å²) in [5.41, 5.74) is 4.49. The van der Waals surface area contributed by atoms with Crippen molar-refractivity contribution in [1.82, 2.24) is 20.1 Å². The maximum Gasteiger partial charge on any atom is 0.233 e. The highest BCUT2D eigenvalue weighted by atomic mass is 32.2. The third-order valence-electron chi connectivity index (χ3n) is 4.89. The summed E-state index contributed by atoms with van der Waals surface area (Å²) in [5, 5.41) is 12.0. The lowest BCUT2D eigenvalue weighted by molar-refractivity contribution is -0.121. The summed E-state index contributed by atoms with van der Waals surface area (Å²) in [4.78, 5) is 12.9. The Kier molecular flexibility index (Phi) is 7.09. The van der Waals surface area contributed by atoms with Gasteiger partial charge in [-0.15, -0.1) is 10.2 Å². The van der Waals surface area contributed by atoms with Crippen LogP contribution < -0.4 is 5.32 Å². The van der Waals surface area contributed by atoms with Crippen molar-refractivity contribution >= 4 is 17.7 Å². The molecule has 6 heteroatoms. The van der Waals surface area contributed by atoms with E-state index in [0.29, 0.717) is 5.16 Å². The number of benzene rings is 2. The molecule has 0 saturated carbocycles. The Hall–Kier alpha value is -2.60. The van der Waals surface area contributed by atoms with Crippen LogP contribution in [0.25, 0.3) is 5.69 Å². The Balaban J connectivity index is 1.73. The number of carbonyl (C=O) groups excluding carboxylic acids is 1. The third-order valence-corrected chi connectivity index (χ3v) is 5.94. The van der Waals surface area contributed by atoms with Gasteiger partial charge < -0.3 is 5.32 Å². The van der Waals surface area contributed by atoms with Crippen molar-refractivity contribution in [2.75, 3.05) is 0 Å². The molecule has 1 aromatic heterocycles. The summed E-state index contributed by atoms with van der Waals surface area (Å²) in [5.74, 6) is 0.00724. The van der Waals surface area contributed by atoms with Gasteiger partial charge in [0.1, 0.15) is 6.33 Å². The molecule has 2 aromatic carbocycles. The van der Waals surface area contributed by atoms with Crippen LogP contribution in [0.15, 0.2) is 60.0 Å². The SMILES string of the molecule is CCC[C@H](NC(=O)[C@@H](C)Sc1nncn1-c1cc(C)ccc1C)c1ccccc1. The smallest absolute Gasteiger partial charge is 0.233 e. The van der Waals surface area contributed by atoms with E-state index in [1.807, 2.05) is 29.7 Å². The summed E-state index contributed by atoms with van der Waals surface area (Å²) in [6.45, 7) is 8.17. The number of aromatic nitrogens is 3. The molecule has 0 aliphatic rings. The number of hydrogen-bond donors (Lipinski definition) is 1. The van der Waals surface area contributed by atoms with Gasteiger partial charge >= 0.3 is 0 Å². The Bertz CT molecular complexity index is 955. The maximum absolute atomic E-state index is 12.9. The van der Waals surface area contributed by atoms with Gasteiger partial charge in [-0.3, -0.25) is 9.36 Å². The standard InChI is InChI=1S/C23H28N4OS/c1-5-9-20(19-10-7-6-8-11-19)25-22(28)18(4)29-23-26-24-15-27(23)21-14-16(2)12-13-17(21)3/h6-8,10-15,18,20H,5,9H2,1-4H3,(H,25,28)/t18-,20+/m1/s1. The Labute approximate surface area is 176 Å². The number of thioether (sulfide) groups is 1. The molecule has 29 heavy (non-hydrogen) atoms. The van der Waals surface area contributed by atoms with Crippen LogP contribution in [-0.2, 0) is 4.79 Å². The molecule has 1 heterocycles. The molecule has 0 aliphatic heterocycles. The highest BCUT2D eigenvalue weighted by Gasteiger charge is 2.22. The van der Waals surface area contributed by atoms with E-state index in [1.165, 1.54) is 17.3 Å². The highest BCUT2D eigenvalue weighted by molar-refractivity contribution is 8.00. The number of carbonyl (C=O) groups is 1. The lowest BCUT2D eigenvalue weighted by atomic mass is 10.0. The van der Waals surface area contributed by atoms with E-state index in [2.05, 4.69) is 66.6 Å². The molecule has 1 amide bonds. The molecule has 0 bridgehead atoms. The Morgan fingerprint density at radius 2 is 1.93 bits per heavy atom. The second-order valence-electron chi connectivity index (χ2n) is 7.29. The highest BCUT2D eigenvalue weighted by Crippen LogP contribution is 2.27. The monoisotopic (exact) mass is 408 g/mol. The predicted molar refractivity (Wildman–Crippen MR) is 118 cm³/mol. The fraction of sp³-hybridized carbons (Fsp3) is 0.348. The number of nitrogens with one attached hydrogen (secondary N) is 1. The van der Waals surface area contributed by atoms with E-state index in [-0.39, 0.29) is 17.2 Å². The first-order valence-electron chi connectivity index (χ1n) is 9.99. The molecule has 152 valence electrons. The molecule has 3 rings (SSSR count). The van der Waals surface area contributed by atoms with Gasteiger partial charge in [0.2, 0.25) is 5.91 Å². The van der Waals surface area contributed by atoms with Gasteiger partial charge in [-0.1, -0.05) is 67.6 Å². The normalized spacial score (nSPS) is 13.1. The predicted octanol–water partition coefficient (Wildman–Crippen LogP) is 5.02. The van der Waals surface area contributed by atoms with Crippen LogP contribution in [-0.4, -0.2) is 25.9 Å². The third kappa shape index (κ3) is 5.26. The minimum atomic E-state index is -0.286. The van der Waals surface area contributed by atoms with E-state index in [4.69, 9.17) is 0 Å². The number of amides is 1. The first-order valence-corrected chi connectivity index (χ1v) is 10.9. The molecule has 1 N–H and O–H groups in total. The number of nitrogens with zero attached hydrogens (tertiary/aromatic N) is 3. The fourth-order valence-corrected chi connectivity index (χ4v) is 4.09. The van der Waals surface area contributed by atoms with Crippen LogP contribution in [0.2, 0.25) is 0 Å². The zero-order valence-corrected chi connectivity index (χ0v) is 18.2. The Morgan fingerprint density at radius 1 is 1.17 bits per heavy atom. The summed E-state index contributed by atoms with van der Waals surface area (Å²) in [6.07, 6.45) is 3.62. The number of hydrogen-bond acceptors (Lipinski definition) is 4. The average molecular weight is 409 g/mol. The van der Waals surface area contributed by atoms with Gasteiger partial charge in [0.05, 0.1) is 17.0 Å². The second kappa shape index (κ2) is 9.74. The van der Waals surface area contributed by atoms with Crippen LogP contribution >= 0.6 is 11.8 Å². The Morgan fingerprint density at radius 3 is 2.66 bits per heavy atom. The molecular weight excluding hydrogens is 380 g/mol. The number of aryl methyl sites for hydroxylation is 2. The maximum atomic E-state index is 12.9. The average Bonchev–Trinajstić information content (AvgIpc) is 3.18. The van der Waals surface area contributed by atoms with Crippen LogP contribution in [0.5, 0.6) is 0 Å². The molecule has 0 saturated heterocycles. The molecule has 0 aliphatic carbocycles. The van der Waals surface area contributed by atoms with Gasteiger partial charge in [-0.25, -0.2) is 0 Å². The lowest BCUT2D eigenvalue weighted by Gasteiger charge is -2.21. The van der Waals surface area contributed by atoms with Crippen molar-refractivity contribution in [2.24, 2.45) is 0 Å². The fourth-order valence-electron chi connectivity index (χ4n) is 3.25. The first kappa shape index (κ1) is 21.1. The van der Waals surface area contributed by atoms with Crippen molar-refractivity contribution in [2.45, 2.75) is 57.0 Å². The molecule has 0 unspecified atom stereocenters. The van der Waals surface area contributed by atoms with Gasteiger partial charge in [-0.05, 0) is 49.9 Å². The topological polar surface area (TPSA) is 59.8 Å². The molecule has 5 nitrogen and oxygen atoms in total. The van der Waals surface area contributed by atoms with Crippen molar-refractivity contribution in [1.29, 1.82) is 0 Å². The minimum absolute atomic E-state index is 0.00724. The molecule has 2 atom stereocenters. The summed E-state index contributed by atoms with van der Waals surface area (Å²) in [7, 11) is 0. The van der Waals surface area contributed by atoms with Gasteiger partial charge in [-0.2, -0.15) is 0 Å². The van der Waals surface area contributed by atoms with Gasteiger partial charge in [0.25, 0.3) is 0 Å². The quantitative estimate of drug-likeness (QED) is 0.532. The van der Waals surface area contributed by atoms with Crippen LogP contribution in [0.4, 0.5) is 0 Å². The zero-order chi connectivity index (χ0) is 20.8. The molecule has 3 aromatic rings. The minimum Gasteiger partial charge on any atom is -0.348 e. The van der Waals surface area contributed by atoms with E-state index < -0.39 is 0 Å². The number of rotatable bonds is 8. The zero-order valence-electron chi connectivity index (χ0n) is 17.4. The van der Waals surface area contributed by atoms with E-state index in [0.717, 1.165) is 29.7 Å². The lowest BCUT2D eigenvalue weighted by Crippen LogP contribution is -2.34. The van der Waals surface area contributed by atoms with E-state index in [9.17, 15) is 4.79 Å². The van der Waals surface area contributed by atoms with Crippen molar-refractivity contribution < 1.29 is 4.79 Å². The van der Waals surface area contributed by atoms with Crippen molar-refractivity contribution in [3.63, 3.8) is 0 Å². The largest absolute Gasteiger partial charge is 0.348 e. The van der Waals surface area contributed by atoms with Crippen LogP contribution in [0, 0.1) is 13.8 Å². The summed E-state index contributed by atoms with van der Waals surface area (Å²) in [6, 6.07) is 16.4. The first-order chi connectivity index (χ1) is 14.0. The van der Waals surface area contributed by atoms with Gasteiger partial charge in [0, 0.05) is 0 Å². The van der Waals surface area contributed by atoms with Crippen molar-refractivity contribution in [3.8, 4) is 5.69 Å². The van der Waals surface area contributed by atoms with Crippen molar-refractivity contribution in [3.05, 3.63) is 71.5 Å². The van der Waals surface area contributed by atoms with Crippen LogP contribution in [0.1, 0.15) is 49.4 Å².